The number of fused-ring (bicyclic) bond motifs is 2. The predicted octanol–water partition coefficient (Wildman–Crippen LogP) is 4.86. The Hall–Kier alpha value is -4.04. The lowest BCUT2D eigenvalue weighted by atomic mass is 10.1. The van der Waals surface area contributed by atoms with Gasteiger partial charge in [-0.2, -0.15) is 0 Å². The minimum absolute atomic E-state index is 0.161. The van der Waals surface area contributed by atoms with Crippen molar-refractivity contribution in [2.75, 3.05) is 13.6 Å². The van der Waals surface area contributed by atoms with E-state index in [4.69, 9.17) is 23.9 Å². The Labute approximate surface area is 193 Å². The van der Waals surface area contributed by atoms with Gasteiger partial charge in [0.25, 0.3) is 5.91 Å². The number of hydrogen-bond donors (Lipinski definition) is 1. The molecule has 0 fully saturated rings. The van der Waals surface area contributed by atoms with Crippen LogP contribution in [0.3, 0.4) is 0 Å². The highest BCUT2D eigenvalue weighted by atomic mass is 32.1. The summed E-state index contributed by atoms with van der Waals surface area (Å²) in [6.07, 6.45) is 0. The molecule has 1 amide bonds. The second-order valence-electron chi connectivity index (χ2n) is 7.55. The van der Waals surface area contributed by atoms with Crippen LogP contribution in [0.4, 0.5) is 0 Å². The third-order valence-electron chi connectivity index (χ3n) is 5.46. The zero-order valence-electron chi connectivity index (χ0n) is 17.4. The van der Waals surface area contributed by atoms with E-state index >= 15 is 0 Å². The molecule has 7 nitrogen and oxygen atoms in total. The van der Waals surface area contributed by atoms with Crippen LogP contribution in [0, 0.1) is 0 Å². The molecular weight excluding hydrogens is 440 g/mol. The first-order chi connectivity index (χ1) is 16.2. The van der Waals surface area contributed by atoms with Crippen molar-refractivity contribution in [1.29, 1.82) is 0 Å². The van der Waals surface area contributed by atoms with Gasteiger partial charge >= 0.3 is 0 Å². The molecule has 1 N–H and O–H groups in total. The highest BCUT2D eigenvalue weighted by Gasteiger charge is 2.17. The average molecular weight is 458 g/mol. The van der Waals surface area contributed by atoms with Crippen molar-refractivity contribution in [3.05, 3.63) is 77.2 Å². The number of benzene rings is 3. The number of nitrogens with one attached hydrogen (secondary N) is 1. The van der Waals surface area contributed by atoms with Crippen LogP contribution >= 0.6 is 11.3 Å². The summed E-state index contributed by atoms with van der Waals surface area (Å²) in [6, 6.07) is 19.0. The predicted molar refractivity (Wildman–Crippen MR) is 123 cm³/mol. The van der Waals surface area contributed by atoms with Gasteiger partial charge in [0.2, 0.25) is 13.6 Å². The number of hydrogen-bond acceptors (Lipinski definition) is 7. The molecule has 1 aromatic heterocycles. The van der Waals surface area contributed by atoms with E-state index in [1.165, 1.54) is 0 Å². The van der Waals surface area contributed by atoms with Crippen LogP contribution in [0.2, 0.25) is 0 Å². The standard InChI is InChI=1S/C25H18N2O5S/c28-24(18-6-8-21-23(10-18)32-14-30-21)26-11-15-1-3-16(4-2-15)25-27-19(12-33-25)17-5-7-20-22(9-17)31-13-29-20/h1-10,12H,11,13-14H2,(H,26,28). The Kier molecular flexibility index (Phi) is 4.84. The minimum Gasteiger partial charge on any atom is -0.454 e. The summed E-state index contributed by atoms with van der Waals surface area (Å²) in [5.41, 5.74) is 4.45. The molecule has 3 heterocycles. The van der Waals surface area contributed by atoms with Crippen molar-refractivity contribution in [3.63, 3.8) is 0 Å². The molecule has 2 aliphatic rings. The maximum absolute atomic E-state index is 12.5. The molecule has 0 atom stereocenters. The largest absolute Gasteiger partial charge is 0.454 e. The van der Waals surface area contributed by atoms with E-state index in [9.17, 15) is 4.79 Å². The van der Waals surface area contributed by atoms with Crippen LogP contribution in [0.1, 0.15) is 15.9 Å². The lowest BCUT2D eigenvalue weighted by Crippen LogP contribution is -2.22. The maximum atomic E-state index is 12.5. The van der Waals surface area contributed by atoms with Gasteiger partial charge in [-0.05, 0) is 42.0 Å². The van der Waals surface area contributed by atoms with Crippen LogP contribution in [0.25, 0.3) is 21.8 Å². The normalized spacial score (nSPS) is 13.2. The second-order valence-corrected chi connectivity index (χ2v) is 8.41. The summed E-state index contributed by atoms with van der Waals surface area (Å²) in [4.78, 5) is 17.3. The third-order valence-corrected chi connectivity index (χ3v) is 6.35. The minimum atomic E-state index is -0.161. The lowest BCUT2D eigenvalue weighted by Gasteiger charge is -2.07. The molecule has 0 aliphatic carbocycles. The average Bonchev–Trinajstić information content (AvgIpc) is 3.62. The van der Waals surface area contributed by atoms with Crippen LogP contribution in [0.5, 0.6) is 23.0 Å². The molecular formula is C25H18N2O5S. The van der Waals surface area contributed by atoms with Gasteiger partial charge in [-0.25, -0.2) is 4.98 Å². The summed E-state index contributed by atoms with van der Waals surface area (Å²) in [6.45, 7) is 0.864. The first-order valence-corrected chi connectivity index (χ1v) is 11.2. The van der Waals surface area contributed by atoms with Gasteiger partial charge in [0.15, 0.2) is 23.0 Å². The summed E-state index contributed by atoms with van der Waals surface area (Å²) < 4.78 is 21.5. The number of amides is 1. The molecule has 0 saturated carbocycles. The van der Waals surface area contributed by atoms with E-state index in [0.29, 0.717) is 23.6 Å². The van der Waals surface area contributed by atoms with Crippen LogP contribution in [0.15, 0.2) is 66.0 Å². The third kappa shape index (κ3) is 3.85. The van der Waals surface area contributed by atoms with Crippen molar-refractivity contribution in [2.24, 2.45) is 0 Å². The molecule has 0 spiro atoms. The fourth-order valence-corrected chi connectivity index (χ4v) is 4.52. The van der Waals surface area contributed by atoms with Gasteiger partial charge < -0.3 is 24.3 Å². The molecule has 4 aromatic rings. The van der Waals surface area contributed by atoms with E-state index in [1.807, 2.05) is 47.8 Å². The van der Waals surface area contributed by atoms with Crippen molar-refractivity contribution >= 4 is 17.2 Å². The summed E-state index contributed by atoms with van der Waals surface area (Å²) >= 11 is 1.59. The SMILES string of the molecule is O=C(NCc1ccc(-c2nc(-c3ccc4c(c3)OCO4)cs2)cc1)c1ccc2c(c1)OCO2. The zero-order chi connectivity index (χ0) is 22.2. The van der Waals surface area contributed by atoms with Crippen molar-refractivity contribution in [3.8, 4) is 44.8 Å². The van der Waals surface area contributed by atoms with Crippen molar-refractivity contribution in [2.45, 2.75) is 6.54 Å². The number of carbonyl (C=O) groups excluding carboxylic acids is 1. The van der Waals surface area contributed by atoms with Gasteiger partial charge in [-0.3, -0.25) is 4.79 Å². The summed E-state index contributed by atoms with van der Waals surface area (Å²) in [5.74, 6) is 2.59. The lowest BCUT2D eigenvalue weighted by molar-refractivity contribution is 0.0950. The smallest absolute Gasteiger partial charge is 0.251 e. The second kappa shape index (κ2) is 8.14. The van der Waals surface area contributed by atoms with E-state index < -0.39 is 0 Å². The van der Waals surface area contributed by atoms with Gasteiger partial charge in [0.1, 0.15) is 5.01 Å². The van der Waals surface area contributed by atoms with E-state index in [0.717, 1.165) is 38.9 Å². The molecule has 0 saturated heterocycles. The topological polar surface area (TPSA) is 78.9 Å². The quantitative estimate of drug-likeness (QED) is 0.460. The molecule has 0 unspecified atom stereocenters. The molecule has 164 valence electrons. The van der Waals surface area contributed by atoms with Crippen LogP contribution in [-0.2, 0) is 6.54 Å². The van der Waals surface area contributed by atoms with E-state index in [1.54, 1.807) is 29.5 Å². The van der Waals surface area contributed by atoms with Gasteiger partial charge in [-0.1, -0.05) is 24.3 Å². The van der Waals surface area contributed by atoms with E-state index in [2.05, 4.69) is 5.32 Å². The molecule has 0 bridgehead atoms. The molecule has 33 heavy (non-hydrogen) atoms. The van der Waals surface area contributed by atoms with Crippen molar-refractivity contribution < 1.29 is 23.7 Å². The Morgan fingerprint density at radius 1 is 0.818 bits per heavy atom. The highest BCUT2D eigenvalue weighted by molar-refractivity contribution is 7.13. The number of nitrogens with zero attached hydrogens (tertiary/aromatic N) is 1. The van der Waals surface area contributed by atoms with E-state index in [-0.39, 0.29) is 19.5 Å². The number of ether oxygens (including phenoxy) is 4. The molecule has 2 aliphatic heterocycles. The molecule has 8 heteroatoms. The first-order valence-electron chi connectivity index (χ1n) is 10.4. The number of rotatable bonds is 5. The summed E-state index contributed by atoms with van der Waals surface area (Å²) in [7, 11) is 0. The van der Waals surface area contributed by atoms with Gasteiger partial charge in [0.05, 0.1) is 5.69 Å². The zero-order valence-corrected chi connectivity index (χ0v) is 18.2. The first kappa shape index (κ1) is 19.6. The van der Waals surface area contributed by atoms with Crippen LogP contribution < -0.4 is 24.3 Å². The molecule has 0 radical (unpaired) electrons. The maximum Gasteiger partial charge on any atom is 0.251 e. The summed E-state index contributed by atoms with van der Waals surface area (Å²) in [5, 5.41) is 5.90. The Bertz CT molecular complexity index is 1350. The molecule has 6 rings (SSSR count). The van der Waals surface area contributed by atoms with Gasteiger partial charge in [-0.15, -0.1) is 11.3 Å². The monoisotopic (exact) mass is 458 g/mol. The van der Waals surface area contributed by atoms with Gasteiger partial charge in [0, 0.05) is 28.6 Å². The Balaban J connectivity index is 1.11. The fourth-order valence-electron chi connectivity index (χ4n) is 3.68. The Morgan fingerprint density at radius 2 is 1.48 bits per heavy atom. The van der Waals surface area contributed by atoms with Crippen molar-refractivity contribution in [1.82, 2.24) is 10.3 Å². The number of aromatic nitrogens is 1. The Morgan fingerprint density at radius 3 is 2.27 bits per heavy atom. The fraction of sp³-hybridized carbons (Fsp3) is 0.120. The number of thiazole rings is 1. The number of carbonyl (C=O) groups is 1. The molecule has 3 aromatic carbocycles. The van der Waals surface area contributed by atoms with Crippen LogP contribution in [-0.4, -0.2) is 24.5 Å². The highest BCUT2D eigenvalue weighted by Crippen LogP contribution is 2.37.